The van der Waals surface area contributed by atoms with Gasteiger partial charge in [-0.15, -0.1) is 0 Å². The van der Waals surface area contributed by atoms with Crippen LogP contribution in [0.1, 0.15) is 17.3 Å². The van der Waals surface area contributed by atoms with Crippen LogP contribution in [-0.4, -0.2) is 17.6 Å². The number of carbonyl (C=O) groups is 1. The summed E-state index contributed by atoms with van der Waals surface area (Å²) in [6.45, 7) is 2.53. The minimum absolute atomic E-state index is 0.137. The van der Waals surface area contributed by atoms with E-state index in [0.717, 1.165) is 5.75 Å². The molecule has 0 aromatic heterocycles. The van der Waals surface area contributed by atoms with Gasteiger partial charge in [-0.3, -0.25) is 4.79 Å². The number of carbonyl (C=O) groups excluding carboxylic acids is 1. The topological polar surface area (TPSA) is 58.6 Å². The second kappa shape index (κ2) is 5.91. The molecule has 2 aromatic carbocycles. The average Bonchev–Trinajstić information content (AvgIpc) is 2.42. The second-order valence-corrected chi connectivity index (χ2v) is 3.96. The highest BCUT2D eigenvalue weighted by molar-refractivity contribution is 6.04. The van der Waals surface area contributed by atoms with Crippen LogP contribution >= 0.6 is 0 Å². The van der Waals surface area contributed by atoms with Crippen molar-refractivity contribution in [2.75, 3.05) is 11.9 Å². The van der Waals surface area contributed by atoms with E-state index in [9.17, 15) is 4.79 Å². The van der Waals surface area contributed by atoms with Crippen molar-refractivity contribution in [3.05, 3.63) is 54.1 Å². The molecule has 0 spiro atoms. The van der Waals surface area contributed by atoms with Crippen molar-refractivity contribution in [3.63, 3.8) is 0 Å². The number of hydrogen-bond acceptors (Lipinski definition) is 3. The Hall–Kier alpha value is -2.49. The Bertz CT molecular complexity index is 547. The van der Waals surface area contributed by atoms with Crippen molar-refractivity contribution in [2.24, 2.45) is 0 Å². The lowest BCUT2D eigenvalue weighted by Gasteiger charge is -2.07. The fraction of sp³-hybridized carbons (Fsp3) is 0.133. The molecule has 0 fully saturated rings. The number of ether oxygens (including phenoxy) is 1. The summed E-state index contributed by atoms with van der Waals surface area (Å²) in [6.07, 6.45) is 0. The lowest BCUT2D eigenvalue weighted by atomic mass is 10.2. The van der Waals surface area contributed by atoms with Crippen molar-refractivity contribution in [2.45, 2.75) is 6.92 Å². The molecular formula is C15H15NO3. The fourth-order valence-electron chi connectivity index (χ4n) is 1.62. The Morgan fingerprint density at radius 2 is 1.74 bits per heavy atom. The molecule has 0 atom stereocenters. The number of rotatable bonds is 4. The molecule has 0 bridgehead atoms. The summed E-state index contributed by atoms with van der Waals surface area (Å²) < 4.78 is 5.32. The van der Waals surface area contributed by atoms with Crippen LogP contribution in [-0.2, 0) is 0 Å². The van der Waals surface area contributed by atoms with Crippen LogP contribution in [0.25, 0.3) is 0 Å². The maximum Gasteiger partial charge on any atom is 0.255 e. The zero-order chi connectivity index (χ0) is 13.7. The summed E-state index contributed by atoms with van der Waals surface area (Å²) in [7, 11) is 0. The molecule has 0 radical (unpaired) electrons. The molecule has 19 heavy (non-hydrogen) atoms. The molecule has 1 amide bonds. The van der Waals surface area contributed by atoms with Gasteiger partial charge in [-0.25, -0.2) is 0 Å². The van der Waals surface area contributed by atoms with E-state index in [1.54, 1.807) is 36.4 Å². The maximum atomic E-state index is 11.9. The van der Waals surface area contributed by atoms with Crippen LogP contribution in [0.15, 0.2) is 48.5 Å². The Morgan fingerprint density at radius 1 is 1.11 bits per heavy atom. The summed E-state index contributed by atoms with van der Waals surface area (Å²) in [5.41, 5.74) is 1.19. The van der Waals surface area contributed by atoms with Gasteiger partial charge in [-0.2, -0.15) is 0 Å². The van der Waals surface area contributed by atoms with Crippen LogP contribution in [0.4, 0.5) is 5.69 Å². The minimum atomic E-state index is -0.218. The fourth-order valence-corrected chi connectivity index (χ4v) is 1.62. The normalized spacial score (nSPS) is 9.95. The summed E-state index contributed by atoms with van der Waals surface area (Å²) >= 11 is 0. The van der Waals surface area contributed by atoms with E-state index in [4.69, 9.17) is 9.84 Å². The number of anilines is 1. The molecule has 2 N–H and O–H groups in total. The van der Waals surface area contributed by atoms with Crippen LogP contribution in [0, 0.1) is 0 Å². The van der Waals surface area contributed by atoms with Gasteiger partial charge >= 0.3 is 0 Å². The molecule has 2 aromatic rings. The van der Waals surface area contributed by atoms with E-state index in [2.05, 4.69) is 5.32 Å². The lowest BCUT2D eigenvalue weighted by molar-refractivity contribution is 0.102. The van der Waals surface area contributed by atoms with E-state index >= 15 is 0 Å². The third-order valence-electron chi connectivity index (χ3n) is 2.55. The van der Waals surface area contributed by atoms with E-state index in [-0.39, 0.29) is 11.7 Å². The van der Waals surface area contributed by atoms with Gasteiger partial charge in [-0.05, 0) is 55.5 Å². The van der Waals surface area contributed by atoms with Crippen molar-refractivity contribution in [1.29, 1.82) is 0 Å². The van der Waals surface area contributed by atoms with Gasteiger partial charge in [0.2, 0.25) is 0 Å². The third-order valence-corrected chi connectivity index (χ3v) is 2.55. The van der Waals surface area contributed by atoms with Crippen LogP contribution < -0.4 is 10.1 Å². The first-order valence-corrected chi connectivity index (χ1v) is 6.02. The number of phenolic OH excluding ortho intramolecular Hbond substituents is 1. The highest BCUT2D eigenvalue weighted by Gasteiger charge is 2.05. The predicted octanol–water partition coefficient (Wildman–Crippen LogP) is 3.04. The van der Waals surface area contributed by atoms with Gasteiger partial charge < -0.3 is 15.2 Å². The molecule has 0 aliphatic heterocycles. The van der Waals surface area contributed by atoms with Crippen molar-refractivity contribution in [3.8, 4) is 11.5 Å². The second-order valence-electron chi connectivity index (χ2n) is 3.96. The highest BCUT2D eigenvalue weighted by Crippen LogP contribution is 2.17. The van der Waals surface area contributed by atoms with Crippen LogP contribution in [0.2, 0.25) is 0 Å². The Balaban J connectivity index is 2.04. The first-order valence-electron chi connectivity index (χ1n) is 6.02. The van der Waals surface area contributed by atoms with E-state index in [1.807, 2.05) is 6.92 Å². The Labute approximate surface area is 111 Å². The molecule has 0 heterocycles. The average molecular weight is 257 g/mol. The summed E-state index contributed by atoms with van der Waals surface area (Å²) in [5, 5.41) is 11.9. The third kappa shape index (κ3) is 3.48. The van der Waals surface area contributed by atoms with E-state index in [0.29, 0.717) is 17.9 Å². The molecule has 0 aliphatic rings. The maximum absolute atomic E-state index is 11.9. The summed E-state index contributed by atoms with van der Waals surface area (Å²) in [6, 6.07) is 13.3. The van der Waals surface area contributed by atoms with E-state index in [1.165, 1.54) is 12.1 Å². The van der Waals surface area contributed by atoms with E-state index < -0.39 is 0 Å². The Morgan fingerprint density at radius 3 is 2.32 bits per heavy atom. The molecule has 0 unspecified atom stereocenters. The van der Waals surface area contributed by atoms with Gasteiger partial charge in [0.15, 0.2) is 0 Å². The monoisotopic (exact) mass is 257 g/mol. The van der Waals surface area contributed by atoms with Gasteiger partial charge in [0.25, 0.3) is 5.91 Å². The molecule has 0 saturated heterocycles. The van der Waals surface area contributed by atoms with Crippen LogP contribution in [0.5, 0.6) is 11.5 Å². The van der Waals surface area contributed by atoms with Crippen molar-refractivity contribution in [1.82, 2.24) is 0 Å². The summed E-state index contributed by atoms with van der Waals surface area (Å²) in [5.74, 6) is 0.687. The first-order chi connectivity index (χ1) is 9.19. The first kappa shape index (κ1) is 13.0. The number of benzene rings is 2. The number of hydrogen-bond donors (Lipinski definition) is 2. The molecule has 0 saturated carbocycles. The number of phenols is 1. The lowest BCUT2D eigenvalue weighted by Crippen LogP contribution is -2.11. The van der Waals surface area contributed by atoms with Gasteiger partial charge in [0.1, 0.15) is 11.5 Å². The smallest absolute Gasteiger partial charge is 0.255 e. The van der Waals surface area contributed by atoms with Crippen LogP contribution in [0.3, 0.4) is 0 Å². The standard InChI is InChI=1S/C15H15NO3/c1-2-19-14-9-5-12(6-10-14)16-15(18)11-3-7-13(17)8-4-11/h3-10,17H,2H2,1H3,(H,16,18). The quantitative estimate of drug-likeness (QED) is 0.885. The minimum Gasteiger partial charge on any atom is -0.508 e. The largest absolute Gasteiger partial charge is 0.508 e. The SMILES string of the molecule is CCOc1ccc(NC(=O)c2ccc(O)cc2)cc1. The number of amides is 1. The zero-order valence-corrected chi connectivity index (χ0v) is 10.6. The van der Waals surface area contributed by atoms with Crippen molar-refractivity contribution >= 4 is 11.6 Å². The predicted molar refractivity (Wildman–Crippen MR) is 73.7 cm³/mol. The number of aromatic hydroxyl groups is 1. The zero-order valence-electron chi connectivity index (χ0n) is 10.6. The molecular weight excluding hydrogens is 242 g/mol. The van der Waals surface area contributed by atoms with Gasteiger partial charge in [0, 0.05) is 11.3 Å². The highest BCUT2D eigenvalue weighted by atomic mass is 16.5. The molecule has 0 aliphatic carbocycles. The Kier molecular flexibility index (Phi) is 4.03. The molecule has 4 nitrogen and oxygen atoms in total. The molecule has 2 rings (SSSR count). The molecule has 98 valence electrons. The van der Waals surface area contributed by atoms with Gasteiger partial charge in [0.05, 0.1) is 6.61 Å². The van der Waals surface area contributed by atoms with Gasteiger partial charge in [-0.1, -0.05) is 0 Å². The summed E-state index contributed by atoms with van der Waals surface area (Å²) in [4.78, 5) is 11.9. The number of nitrogens with one attached hydrogen (secondary N) is 1. The molecule has 4 heteroatoms. The van der Waals surface area contributed by atoms with Crippen molar-refractivity contribution < 1.29 is 14.6 Å².